The summed E-state index contributed by atoms with van der Waals surface area (Å²) in [5, 5.41) is 12.1. The molecule has 4 bridgehead atoms. The van der Waals surface area contributed by atoms with Crippen molar-refractivity contribution in [1.29, 1.82) is 0 Å². The first kappa shape index (κ1) is 18.0. The molecule has 25 heavy (non-hydrogen) atoms. The number of carboxylic acid groups (broad SMARTS) is 1. The molecule has 0 aromatic heterocycles. The van der Waals surface area contributed by atoms with Crippen molar-refractivity contribution < 1.29 is 24.2 Å². The first-order chi connectivity index (χ1) is 11.9. The Kier molecular flexibility index (Phi) is 5.16. The van der Waals surface area contributed by atoms with Gasteiger partial charge >= 0.3 is 11.9 Å². The summed E-state index contributed by atoms with van der Waals surface area (Å²) < 4.78 is 4.77. The Labute approximate surface area is 148 Å². The van der Waals surface area contributed by atoms with Crippen LogP contribution < -0.4 is 5.32 Å². The molecule has 4 saturated carbocycles. The molecule has 4 rings (SSSR count). The van der Waals surface area contributed by atoms with E-state index in [-0.39, 0.29) is 24.3 Å². The third kappa shape index (κ3) is 3.88. The molecular weight excluding hydrogens is 322 g/mol. The lowest BCUT2D eigenvalue weighted by Gasteiger charge is -2.55. The molecule has 0 saturated heterocycles. The molecule has 6 nitrogen and oxygen atoms in total. The molecule has 0 radical (unpaired) electrons. The maximum Gasteiger partial charge on any atom is 0.330 e. The third-order valence-electron chi connectivity index (χ3n) is 6.04. The predicted molar refractivity (Wildman–Crippen MR) is 90.6 cm³/mol. The van der Waals surface area contributed by atoms with Gasteiger partial charge in [0.2, 0.25) is 5.91 Å². The Morgan fingerprint density at radius 3 is 2.20 bits per heavy atom. The molecule has 138 valence electrons. The Morgan fingerprint density at radius 2 is 1.72 bits per heavy atom. The van der Waals surface area contributed by atoms with Gasteiger partial charge in [-0.1, -0.05) is 6.08 Å². The molecule has 2 N–H and O–H groups in total. The van der Waals surface area contributed by atoms with E-state index in [1.54, 1.807) is 6.92 Å². The highest BCUT2D eigenvalue weighted by molar-refractivity contribution is 5.88. The van der Waals surface area contributed by atoms with Gasteiger partial charge in [-0.15, -0.1) is 0 Å². The van der Waals surface area contributed by atoms with Crippen LogP contribution in [0.2, 0.25) is 0 Å². The molecule has 0 aromatic rings. The second-order valence-corrected chi connectivity index (χ2v) is 7.95. The van der Waals surface area contributed by atoms with E-state index in [0.717, 1.165) is 19.3 Å². The van der Waals surface area contributed by atoms with E-state index in [4.69, 9.17) is 4.74 Å². The number of carbonyl (C=O) groups is 3. The number of aliphatic carboxylic acids is 1. The van der Waals surface area contributed by atoms with Crippen LogP contribution in [0.4, 0.5) is 0 Å². The van der Waals surface area contributed by atoms with Crippen molar-refractivity contribution in [2.45, 2.75) is 57.9 Å². The van der Waals surface area contributed by atoms with E-state index in [0.29, 0.717) is 17.8 Å². The van der Waals surface area contributed by atoms with Crippen LogP contribution in [0.5, 0.6) is 0 Å². The van der Waals surface area contributed by atoms with Crippen molar-refractivity contribution in [2.75, 3.05) is 6.61 Å². The number of hydrogen-bond acceptors (Lipinski definition) is 4. The molecule has 4 fully saturated rings. The second kappa shape index (κ2) is 7.18. The van der Waals surface area contributed by atoms with Crippen LogP contribution in [0.15, 0.2) is 12.2 Å². The zero-order valence-electron chi connectivity index (χ0n) is 14.7. The van der Waals surface area contributed by atoms with Crippen LogP contribution in [0.3, 0.4) is 0 Å². The summed E-state index contributed by atoms with van der Waals surface area (Å²) in [6.07, 6.45) is 9.15. The summed E-state index contributed by atoms with van der Waals surface area (Å²) in [5.41, 5.74) is -0.368. The average Bonchev–Trinajstić information content (AvgIpc) is 2.52. The molecule has 4 aliphatic carbocycles. The molecule has 0 heterocycles. The standard InChI is InChI=1S/C19H27NO5/c1-2-25-16(21)5-3-4-15(17(22)23)20-18(24)19-9-12-6-13(10-19)8-14(7-12)11-19/h3,5,12-15H,2,4,6-11H2,1H3,(H,20,24)(H,22,23)/b5-3+/t12?,13?,14?,15-,19?/m0/s1. The van der Waals surface area contributed by atoms with Crippen molar-refractivity contribution in [1.82, 2.24) is 5.32 Å². The fourth-order valence-corrected chi connectivity index (χ4v) is 5.41. The van der Waals surface area contributed by atoms with Crippen LogP contribution in [0.25, 0.3) is 0 Å². The summed E-state index contributed by atoms with van der Waals surface area (Å²) >= 11 is 0. The van der Waals surface area contributed by atoms with E-state index in [1.807, 2.05) is 0 Å². The number of hydrogen-bond donors (Lipinski definition) is 2. The van der Waals surface area contributed by atoms with Crippen LogP contribution in [-0.2, 0) is 19.1 Å². The maximum atomic E-state index is 12.9. The lowest BCUT2D eigenvalue weighted by atomic mass is 9.49. The van der Waals surface area contributed by atoms with E-state index in [1.165, 1.54) is 31.4 Å². The number of nitrogens with one attached hydrogen (secondary N) is 1. The molecule has 4 aliphatic rings. The second-order valence-electron chi connectivity index (χ2n) is 7.95. The summed E-state index contributed by atoms with van der Waals surface area (Å²) in [7, 11) is 0. The Bertz CT molecular complexity index is 547. The van der Waals surface area contributed by atoms with Gasteiger partial charge in [-0.05, 0) is 69.6 Å². The number of carboxylic acids is 1. The van der Waals surface area contributed by atoms with Gasteiger partial charge in [0.05, 0.1) is 6.61 Å². The lowest BCUT2D eigenvalue weighted by Crippen LogP contribution is -2.56. The van der Waals surface area contributed by atoms with Gasteiger partial charge in [-0.2, -0.15) is 0 Å². The van der Waals surface area contributed by atoms with Gasteiger partial charge in [-0.3, -0.25) is 4.79 Å². The predicted octanol–water partition coefficient (Wildman–Crippen LogP) is 2.28. The molecule has 1 atom stereocenters. The Hall–Kier alpha value is -1.85. The molecule has 0 unspecified atom stereocenters. The van der Waals surface area contributed by atoms with Crippen molar-refractivity contribution in [3.8, 4) is 0 Å². The van der Waals surface area contributed by atoms with E-state index in [9.17, 15) is 19.5 Å². The van der Waals surface area contributed by atoms with E-state index < -0.39 is 18.0 Å². The first-order valence-electron chi connectivity index (χ1n) is 9.29. The highest BCUT2D eigenvalue weighted by atomic mass is 16.5. The lowest BCUT2D eigenvalue weighted by molar-refractivity contribution is -0.151. The van der Waals surface area contributed by atoms with Crippen LogP contribution in [-0.4, -0.2) is 35.6 Å². The number of carbonyl (C=O) groups excluding carboxylic acids is 2. The highest BCUT2D eigenvalue weighted by Crippen LogP contribution is 2.60. The average molecular weight is 349 g/mol. The van der Waals surface area contributed by atoms with E-state index >= 15 is 0 Å². The van der Waals surface area contributed by atoms with Gasteiger partial charge in [0.15, 0.2) is 0 Å². The fraction of sp³-hybridized carbons (Fsp3) is 0.737. The number of esters is 1. The number of rotatable bonds is 7. The third-order valence-corrected chi connectivity index (χ3v) is 6.04. The SMILES string of the molecule is CCOC(=O)/C=C/C[C@H](NC(=O)C12CC3CC(CC(C3)C1)C2)C(=O)O. The smallest absolute Gasteiger partial charge is 0.330 e. The van der Waals surface area contributed by atoms with Crippen molar-refractivity contribution >= 4 is 17.8 Å². The summed E-state index contributed by atoms with van der Waals surface area (Å²) in [6, 6.07) is -1.01. The van der Waals surface area contributed by atoms with Gasteiger partial charge in [-0.25, -0.2) is 9.59 Å². The zero-order chi connectivity index (χ0) is 18.0. The van der Waals surface area contributed by atoms with Crippen molar-refractivity contribution in [3.63, 3.8) is 0 Å². The van der Waals surface area contributed by atoms with Gasteiger partial charge in [0, 0.05) is 11.5 Å². The van der Waals surface area contributed by atoms with Gasteiger partial charge < -0.3 is 15.2 Å². The first-order valence-corrected chi connectivity index (χ1v) is 9.29. The maximum absolute atomic E-state index is 12.9. The van der Waals surface area contributed by atoms with Crippen LogP contribution >= 0.6 is 0 Å². The Balaban J connectivity index is 1.61. The molecule has 1 amide bonds. The normalized spacial score (nSPS) is 34.0. The minimum atomic E-state index is -1.08. The molecule has 0 aromatic carbocycles. The van der Waals surface area contributed by atoms with E-state index in [2.05, 4.69) is 5.32 Å². The number of ether oxygens (including phenoxy) is 1. The molecular formula is C19H27NO5. The van der Waals surface area contributed by atoms with Gasteiger partial charge in [0.25, 0.3) is 0 Å². The van der Waals surface area contributed by atoms with Crippen molar-refractivity contribution in [3.05, 3.63) is 12.2 Å². The van der Waals surface area contributed by atoms with Gasteiger partial charge in [0.1, 0.15) is 6.04 Å². The monoisotopic (exact) mass is 349 g/mol. The van der Waals surface area contributed by atoms with Crippen molar-refractivity contribution in [2.24, 2.45) is 23.2 Å². The largest absolute Gasteiger partial charge is 0.480 e. The molecule has 0 aliphatic heterocycles. The van der Waals surface area contributed by atoms with Crippen LogP contribution in [0.1, 0.15) is 51.9 Å². The van der Waals surface area contributed by atoms with Crippen LogP contribution in [0, 0.1) is 23.2 Å². The molecule has 0 spiro atoms. The summed E-state index contributed by atoms with van der Waals surface area (Å²) in [5.74, 6) is 0.200. The Morgan fingerprint density at radius 1 is 1.16 bits per heavy atom. The minimum Gasteiger partial charge on any atom is -0.480 e. The number of amides is 1. The topological polar surface area (TPSA) is 92.7 Å². The summed E-state index contributed by atoms with van der Waals surface area (Å²) in [4.78, 5) is 35.7. The molecule has 6 heteroatoms. The minimum absolute atomic E-state index is 0.0756. The summed E-state index contributed by atoms with van der Waals surface area (Å²) in [6.45, 7) is 1.98. The fourth-order valence-electron chi connectivity index (χ4n) is 5.41. The highest BCUT2D eigenvalue weighted by Gasteiger charge is 2.54. The zero-order valence-corrected chi connectivity index (χ0v) is 14.7. The quantitative estimate of drug-likeness (QED) is 0.543.